The van der Waals surface area contributed by atoms with Crippen LogP contribution < -0.4 is 5.73 Å². The third-order valence-electron chi connectivity index (χ3n) is 3.56. The van der Waals surface area contributed by atoms with E-state index in [2.05, 4.69) is 36.2 Å². The van der Waals surface area contributed by atoms with Gasteiger partial charge in [-0.1, -0.05) is 48.5 Å². The molecule has 3 rings (SSSR count). The lowest BCUT2D eigenvalue weighted by molar-refractivity contribution is 0.864. The Labute approximate surface area is 112 Å². The molecule has 0 fully saturated rings. The summed E-state index contributed by atoms with van der Waals surface area (Å²) in [7, 11) is 0. The van der Waals surface area contributed by atoms with Crippen LogP contribution in [0.3, 0.4) is 0 Å². The van der Waals surface area contributed by atoms with Gasteiger partial charge in [0.1, 0.15) is 0 Å². The smallest absolute Gasteiger partial charge is 0.0575 e. The van der Waals surface area contributed by atoms with Crippen LogP contribution in [0.2, 0.25) is 0 Å². The van der Waals surface area contributed by atoms with Gasteiger partial charge in [-0.05, 0) is 29.0 Å². The molecule has 0 aliphatic carbocycles. The monoisotopic (exact) mass is 248 g/mol. The van der Waals surface area contributed by atoms with E-state index in [1.165, 1.54) is 10.9 Å². The van der Waals surface area contributed by atoms with Gasteiger partial charge in [-0.2, -0.15) is 0 Å². The number of nitrogens with zero attached hydrogens (tertiary/aromatic N) is 1. The maximum Gasteiger partial charge on any atom is 0.0575 e. The second-order valence-electron chi connectivity index (χ2n) is 4.78. The highest BCUT2D eigenvalue weighted by Gasteiger charge is 2.13. The highest BCUT2D eigenvalue weighted by atomic mass is 14.7. The van der Waals surface area contributed by atoms with Crippen LogP contribution >= 0.6 is 0 Å². The number of fused-ring (bicyclic) bond motifs is 1. The molecule has 1 unspecified atom stereocenters. The van der Waals surface area contributed by atoms with Crippen LogP contribution in [0.4, 0.5) is 0 Å². The van der Waals surface area contributed by atoms with E-state index in [4.69, 9.17) is 5.73 Å². The van der Waals surface area contributed by atoms with Crippen LogP contribution in [0.1, 0.15) is 22.7 Å². The van der Waals surface area contributed by atoms with Gasteiger partial charge in [-0.15, -0.1) is 0 Å². The summed E-state index contributed by atoms with van der Waals surface area (Å²) in [5.41, 5.74) is 9.88. The molecule has 1 atom stereocenters. The zero-order chi connectivity index (χ0) is 13.2. The highest BCUT2D eigenvalue weighted by molar-refractivity contribution is 5.85. The summed E-state index contributed by atoms with van der Waals surface area (Å²) in [4.78, 5) is 4.31. The number of hydrogen-bond acceptors (Lipinski definition) is 2. The predicted octanol–water partition coefficient (Wildman–Crippen LogP) is 3.59. The van der Waals surface area contributed by atoms with Crippen LogP contribution in [0.25, 0.3) is 10.8 Å². The quantitative estimate of drug-likeness (QED) is 0.752. The van der Waals surface area contributed by atoms with E-state index in [0.717, 1.165) is 16.5 Å². The largest absolute Gasteiger partial charge is 0.320 e. The molecule has 1 aromatic heterocycles. The topological polar surface area (TPSA) is 38.9 Å². The van der Waals surface area contributed by atoms with E-state index in [-0.39, 0.29) is 6.04 Å². The Morgan fingerprint density at radius 2 is 1.63 bits per heavy atom. The van der Waals surface area contributed by atoms with Crippen LogP contribution in [0, 0.1) is 6.92 Å². The predicted molar refractivity (Wildman–Crippen MR) is 79.0 cm³/mol. The number of benzene rings is 2. The molecule has 2 N–H and O–H groups in total. The van der Waals surface area contributed by atoms with Crippen molar-refractivity contribution in [1.82, 2.24) is 4.98 Å². The molecule has 0 spiro atoms. The minimum atomic E-state index is -0.139. The van der Waals surface area contributed by atoms with Crippen LogP contribution in [0.5, 0.6) is 0 Å². The summed E-state index contributed by atoms with van der Waals surface area (Å²) >= 11 is 0. The second kappa shape index (κ2) is 4.82. The molecule has 0 saturated carbocycles. The summed E-state index contributed by atoms with van der Waals surface area (Å²) < 4.78 is 0. The van der Waals surface area contributed by atoms with Crippen molar-refractivity contribution in [2.75, 3.05) is 0 Å². The molecule has 0 radical (unpaired) electrons. The van der Waals surface area contributed by atoms with Crippen molar-refractivity contribution in [2.24, 2.45) is 5.73 Å². The van der Waals surface area contributed by atoms with Gasteiger partial charge in [0.05, 0.1) is 6.04 Å². The number of pyridine rings is 1. The van der Waals surface area contributed by atoms with Crippen molar-refractivity contribution in [2.45, 2.75) is 13.0 Å². The van der Waals surface area contributed by atoms with Gasteiger partial charge >= 0.3 is 0 Å². The zero-order valence-corrected chi connectivity index (χ0v) is 10.9. The third kappa shape index (κ3) is 2.11. The molecule has 0 bridgehead atoms. The van der Waals surface area contributed by atoms with Crippen molar-refractivity contribution >= 4 is 10.8 Å². The standard InChI is InChI=1S/C17H16N2/c1-12-6-2-4-8-14(12)17(18)16-11-19-10-13-7-3-5-9-15(13)16/h2-11,17H,18H2,1H3. The summed E-state index contributed by atoms with van der Waals surface area (Å²) in [6.07, 6.45) is 3.75. The van der Waals surface area contributed by atoms with Gasteiger partial charge in [-0.25, -0.2) is 0 Å². The molecule has 0 aliphatic rings. The number of rotatable bonds is 2. The first-order valence-electron chi connectivity index (χ1n) is 6.41. The molecular weight excluding hydrogens is 232 g/mol. The van der Waals surface area contributed by atoms with Crippen molar-refractivity contribution in [3.05, 3.63) is 77.6 Å². The maximum absolute atomic E-state index is 6.44. The molecule has 1 heterocycles. The van der Waals surface area contributed by atoms with E-state index in [1.807, 2.05) is 36.7 Å². The first-order valence-corrected chi connectivity index (χ1v) is 6.41. The molecule has 3 aromatic rings. The third-order valence-corrected chi connectivity index (χ3v) is 3.56. The van der Waals surface area contributed by atoms with Gasteiger partial charge in [0.2, 0.25) is 0 Å². The molecule has 2 nitrogen and oxygen atoms in total. The number of aromatic nitrogens is 1. The molecule has 0 saturated heterocycles. The Bertz CT molecular complexity index is 714. The first kappa shape index (κ1) is 11.9. The van der Waals surface area contributed by atoms with Crippen LogP contribution in [0.15, 0.2) is 60.9 Å². The van der Waals surface area contributed by atoms with Gasteiger partial charge in [0.15, 0.2) is 0 Å². The van der Waals surface area contributed by atoms with Crippen molar-refractivity contribution in [3.63, 3.8) is 0 Å². The molecule has 2 heteroatoms. The Morgan fingerprint density at radius 1 is 0.895 bits per heavy atom. The van der Waals surface area contributed by atoms with E-state index >= 15 is 0 Å². The van der Waals surface area contributed by atoms with Crippen molar-refractivity contribution in [3.8, 4) is 0 Å². The SMILES string of the molecule is Cc1ccccc1C(N)c1cncc2ccccc12. The van der Waals surface area contributed by atoms with Gasteiger partial charge in [0, 0.05) is 17.8 Å². The number of aryl methyl sites for hydroxylation is 1. The lowest BCUT2D eigenvalue weighted by Crippen LogP contribution is -2.14. The average Bonchev–Trinajstić information content (AvgIpc) is 2.46. The molecule has 19 heavy (non-hydrogen) atoms. The summed E-state index contributed by atoms with van der Waals surface area (Å²) in [6, 6.07) is 16.3. The minimum absolute atomic E-state index is 0.139. The average molecular weight is 248 g/mol. The normalized spacial score (nSPS) is 12.5. The summed E-state index contributed by atoms with van der Waals surface area (Å²) in [5.74, 6) is 0. The van der Waals surface area contributed by atoms with Gasteiger partial charge < -0.3 is 5.73 Å². The lowest BCUT2D eigenvalue weighted by atomic mass is 9.94. The van der Waals surface area contributed by atoms with E-state index in [1.54, 1.807) is 0 Å². The highest BCUT2D eigenvalue weighted by Crippen LogP contribution is 2.27. The van der Waals surface area contributed by atoms with E-state index in [9.17, 15) is 0 Å². The Hall–Kier alpha value is -2.19. The zero-order valence-electron chi connectivity index (χ0n) is 10.9. The van der Waals surface area contributed by atoms with Crippen molar-refractivity contribution in [1.29, 1.82) is 0 Å². The van der Waals surface area contributed by atoms with E-state index in [0.29, 0.717) is 0 Å². The van der Waals surface area contributed by atoms with E-state index < -0.39 is 0 Å². The fraction of sp³-hybridized carbons (Fsp3) is 0.118. The van der Waals surface area contributed by atoms with Crippen molar-refractivity contribution < 1.29 is 0 Å². The Kier molecular flexibility index (Phi) is 3.02. The number of nitrogens with two attached hydrogens (primary N) is 1. The minimum Gasteiger partial charge on any atom is -0.320 e. The number of hydrogen-bond donors (Lipinski definition) is 1. The second-order valence-corrected chi connectivity index (χ2v) is 4.78. The maximum atomic E-state index is 6.44. The molecular formula is C17H16N2. The summed E-state index contributed by atoms with van der Waals surface area (Å²) in [5, 5.41) is 2.30. The fourth-order valence-electron chi connectivity index (χ4n) is 2.49. The molecule has 2 aromatic carbocycles. The molecule has 0 aliphatic heterocycles. The molecule has 94 valence electrons. The summed E-state index contributed by atoms with van der Waals surface area (Å²) in [6.45, 7) is 2.09. The van der Waals surface area contributed by atoms with Gasteiger partial charge in [-0.3, -0.25) is 4.98 Å². The van der Waals surface area contributed by atoms with Gasteiger partial charge in [0.25, 0.3) is 0 Å². The van der Waals surface area contributed by atoms with Crippen LogP contribution in [-0.4, -0.2) is 4.98 Å². The van der Waals surface area contributed by atoms with Crippen LogP contribution in [-0.2, 0) is 0 Å². The fourth-order valence-corrected chi connectivity index (χ4v) is 2.49. The Morgan fingerprint density at radius 3 is 2.47 bits per heavy atom. The lowest BCUT2D eigenvalue weighted by Gasteiger charge is -2.16. The molecule has 0 amide bonds. The first-order chi connectivity index (χ1) is 9.27. The Balaban J connectivity index is 2.17.